The van der Waals surface area contributed by atoms with Crippen LogP contribution in [0.25, 0.3) is 0 Å². The van der Waals surface area contributed by atoms with Crippen molar-refractivity contribution in [3.8, 4) is 0 Å². The predicted octanol–water partition coefficient (Wildman–Crippen LogP) is 2.63. The van der Waals surface area contributed by atoms with Gasteiger partial charge in [0.25, 0.3) is 0 Å². The number of carbonyl (C=O) groups is 1. The van der Waals surface area contributed by atoms with Gasteiger partial charge in [-0.3, -0.25) is 4.79 Å². The normalized spacial score (nSPS) is 9.85. The minimum Gasteiger partial charge on any atom is -0.316 e. The lowest BCUT2D eigenvalue weighted by Crippen LogP contribution is -2.22. The first-order valence-corrected chi connectivity index (χ1v) is 4.40. The Morgan fingerprint density at radius 1 is 1.46 bits per heavy atom. The summed E-state index contributed by atoms with van der Waals surface area (Å²) >= 11 is 5.92. The Kier molecular flexibility index (Phi) is 2.94. The van der Waals surface area contributed by atoms with Crippen molar-refractivity contribution in [2.45, 2.75) is 13.8 Å². The number of rotatable bonds is 1. The third kappa shape index (κ3) is 2.22. The molecule has 2 nitrogen and oxygen atoms in total. The zero-order valence-electron chi connectivity index (χ0n) is 7.97. The van der Waals surface area contributed by atoms with E-state index in [1.54, 1.807) is 18.0 Å². The summed E-state index contributed by atoms with van der Waals surface area (Å²) in [5.74, 6) is -0.0000743. The highest BCUT2D eigenvalue weighted by atomic mass is 35.5. The van der Waals surface area contributed by atoms with E-state index in [9.17, 15) is 4.79 Å². The molecule has 0 saturated heterocycles. The summed E-state index contributed by atoms with van der Waals surface area (Å²) in [6.07, 6.45) is 0. The molecule has 70 valence electrons. The van der Waals surface area contributed by atoms with Crippen LogP contribution in [0.3, 0.4) is 0 Å². The van der Waals surface area contributed by atoms with Crippen molar-refractivity contribution in [2.24, 2.45) is 0 Å². The lowest BCUT2D eigenvalue weighted by Gasteiger charge is -2.15. The Morgan fingerprint density at radius 2 is 2.08 bits per heavy atom. The van der Waals surface area contributed by atoms with E-state index in [0.29, 0.717) is 5.02 Å². The molecule has 3 heteroatoms. The van der Waals surface area contributed by atoms with Gasteiger partial charge in [0.1, 0.15) is 0 Å². The molecule has 0 fully saturated rings. The van der Waals surface area contributed by atoms with Crippen LogP contribution in [-0.2, 0) is 4.79 Å². The van der Waals surface area contributed by atoms with Crippen LogP contribution >= 0.6 is 11.6 Å². The van der Waals surface area contributed by atoms with E-state index in [1.807, 2.05) is 19.1 Å². The van der Waals surface area contributed by atoms with Crippen molar-refractivity contribution < 1.29 is 4.79 Å². The fraction of sp³-hybridized carbons (Fsp3) is 0.300. The number of carbonyl (C=O) groups excluding carboxylic acids is 1. The summed E-state index contributed by atoms with van der Waals surface area (Å²) in [6, 6.07) is 5.57. The number of halogens is 1. The van der Waals surface area contributed by atoms with Crippen LogP contribution in [0.2, 0.25) is 5.02 Å². The van der Waals surface area contributed by atoms with Gasteiger partial charge in [-0.1, -0.05) is 17.7 Å². The molecule has 1 amide bonds. The van der Waals surface area contributed by atoms with E-state index < -0.39 is 0 Å². The largest absolute Gasteiger partial charge is 0.316 e. The summed E-state index contributed by atoms with van der Waals surface area (Å²) in [5.41, 5.74) is 1.84. The van der Waals surface area contributed by atoms with Crippen molar-refractivity contribution >= 4 is 23.2 Å². The van der Waals surface area contributed by atoms with E-state index in [1.165, 1.54) is 6.92 Å². The summed E-state index contributed by atoms with van der Waals surface area (Å²) in [7, 11) is 1.73. The molecule has 0 aromatic heterocycles. The van der Waals surface area contributed by atoms with Crippen LogP contribution < -0.4 is 4.90 Å². The Morgan fingerprint density at radius 3 is 2.54 bits per heavy atom. The third-order valence-electron chi connectivity index (χ3n) is 2.02. The van der Waals surface area contributed by atoms with Crippen LogP contribution in [0, 0.1) is 6.92 Å². The molecular formula is C10H12ClNO. The van der Waals surface area contributed by atoms with Gasteiger partial charge in [0.2, 0.25) is 5.91 Å². The second-order valence-corrected chi connectivity index (χ2v) is 3.42. The number of benzene rings is 1. The van der Waals surface area contributed by atoms with Gasteiger partial charge < -0.3 is 4.90 Å². The molecule has 0 unspecified atom stereocenters. The van der Waals surface area contributed by atoms with Crippen LogP contribution in [0.1, 0.15) is 12.5 Å². The van der Waals surface area contributed by atoms with Crippen molar-refractivity contribution in [3.05, 3.63) is 28.8 Å². The fourth-order valence-corrected chi connectivity index (χ4v) is 1.15. The number of hydrogen-bond acceptors (Lipinski definition) is 1. The van der Waals surface area contributed by atoms with Crippen molar-refractivity contribution in [1.29, 1.82) is 0 Å². The molecule has 13 heavy (non-hydrogen) atoms. The molecule has 1 aromatic carbocycles. The average Bonchev–Trinajstić information content (AvgIpc) is 2.08. The smallest absolute Gasteiger partial charge is 0.223 e. The van der Waals surface area contributed by atoms with Gasteiger partial charge in [0.05, 0.1) is 0 Å². The molecule has 0 atom stereocenters. The molecule has 0 N–H and O–H groups in total. The molecule has 0 aliphatic rings. The standard InChI is InChI=1S/C10H12ClNO/c1-7-4-5-9(6-10(7)11)12(3)8(2)13/h4-6H,1-3H3. The Labute approximate surface area is 83.1 Å². The first-order chi connectivity index (χ1) is 6.02. The zero-order chi connectivity index (χ0) is 10.0. The van der Waals surface area contributed by atoms with Crippen molar-refractivity contribution in [3.63, 3.8) is 0 Å². The molecule has 0 aliphatic heterocycles. The van der Waals surface area contributed by atoms with Gasteiger partial charge in [0, 0.05) is 24.7 Å². The van der Waals surface area contributed by atoms with Gasteiger partial charge in [-0.2, -0.15) is 0 Å². The summed E-state index contributed by atoms with van der Waals surface area (Å²) in [4.78, 5) is 12.6. The zero-order valence-corrected chi connectivity index (χ0v) is 8.72. The second-order valence-electron chi connectivity index (χ2n) is 3.01. The number of hydrogen-bond donors (Lipinski definition) is 0. The van der Waals surface area contributed by atoms with E-state index in [-0.39, 0.29) is 5.91 Å². The van der Waals surface area contributed by atoms with Gasteiger partial charge >= 0.3 is 0 Å². The number of amides is 1. The predicted molar refractivity (Wildman–Crippen MR) is 55.3 cm³/mol. The Bertz CT molecular complexity index is 336. The lowest BCUT2D eigenvalue weighted by molar-refractivity contribution is -0.116. The van der Waals surface area contributed by atoms with Crippen LogP contribution in [0.15, 0.2) is 18.2 Å². The summed E-state index contributed by atoms with van der Waals surface area (Å²) in [6.45, 7) is 3.45. The molecular weight excluding hydrogens is 186 g/mol. The maximum atomic E-state index is 11.0. The number of aryl methyl sites for hydroxylation is 1. The first-order valence-electron chi connectivity index (χ1n) is 4.03. The molecule has 0 radical (unpaired) electrons. The minimum atomic E-state index is -0.0000743. The maximum Gasteiger partial charge on any atom is 0.223 e. The van der Waals surface area contributed by atoms with Crippen molar-refractivity contribution in [2.75, 3.05) is 11.9 Å². The SMILES string of the molecule is CC(=O)N(C)c1ccc(C)c(Cl)c1. The van der Waals surface area contributed by atoms with E-state index in [4.69, 9.17) is 11.6 Å². The van der Waals surface area contributed by atoms with Crippen molar-refractivity contribution in [1.82, 2.24) is 0 Å². The maximum absolute atomic E-state index is 11.0. The molecule has 0 heterocycles. The molecule has 0 bridgehead atoms. The van der Waals surface area contributed by atoms with Gasteiger partial charge in [-0.15, -0.1) is 0 Å². The third-order valence-corrected chi connectivity index (χ3v) is 2.42. The van der Waals surface area contributed by atoms with Gasteiger partial charge in [0.15, 0.2) is 0 Å². The summed E-state index contributed by atoms with van der Waals surface area (Å²) in [5, 5.41) is 0.686. The molecule has 0 aliphatic carbocycles. The first kappa shape index (κ1) is 10.1. The Balaban J connectivity index is 3.03. The van der Waals surface area contributed by atoms with Crippen LogP contribution in [-0.4, -0.2) is 13.0 Å². The number of nitrogens with zero attached hydrogens (tertiary/aromatic N) is 1. The fourth-order valence-electron chi connectivity index (χ4n) is 0.972. The van der Waals surface area contributed by atoms with E-state index in [0.717, 1.165) is 11.3 Å². The quantitative estimate of drug-likeness (QED) is 0.678. The van der Waals surface area contributed by atoms with Crippen LogP contribution in [0.5, 0.6) is 0 Å². The van der Waals surface area contributed by atoms with E-state index in [2.05, 4.69) is 0 Å². The molecule has 0 spiro atoms. The Hall–Kier alpha value is -1.02. The van der Waals surface area contributed by atoms with E-state index >= 15 is 0 Å². The molecule has 1 rings (SSSR count). The minimum absolute atomic E-state index is 0.0000743. The molecule has 1 aromatic rings. The highest BCUT2D eigenvalue weighted by molar-refractivity contribution is 6.31. The highest BCUT2D eigenvalue weighted by Gasteiger charge is 2.06. The van der Waals surface area contributed by atoms with Gasteiger partial charge in [-0.05, 0) is 24.6 Å². The second kappa shape index (κ2) is 3.79. The lowest BCUT2D eigenvalue weighted by atomic mass is 10.2. The van der Waals surface area contributed by atoms with Gasteiger partial charge in [-0.25, -0.2) is 0 Å². The topological polar surface area (TPSA) is 20.3 Å². The van der Waals surface area contributed by atoms with Crippen LogP contribution in [0.4, 0.5) is 5.69 Å². The number of anilines is 1. The summed E-state index contributed by atoms with van der Waals surface area (Å²) < 4.78 is 0. The monoisotopic (exact) mass is 197 g/mol. The molecule has 0 saturated carbocycles. The highest BCUT2D eigenvalue weighted by Crippen LogP contribution is 2.22. The average molecular weight is 198 g/mol.